The number of hydrogen-bond acceptors (Lipinski definition) is 5. The molecular formula is C10H16N4O. The Morgan fingerprint density at radius 1 is 1.40 bits per heavy atom. The molecule has 1 aromatic rings. The molecular weight excluding hydrogens is 192 g/mol. The van der Waals surface area contributed by atoms with Crippen molar-refractivity contribution in [2.75, 3.05) is 17.6 Å². The van der Waals surface area contributed by atoms with Crippen molar-refractivity contribution in [2.45, 2.75) is 31.3 Å². The Morgan fingerprint density at radius 2 is 2.13 bits per heavy atom. The zero-order valence-electron chi connectivity index (χ0n) is 8.61. The van der Waals surface area contributed by atoms with Gasteiger partial charge in [-0.25, -0.2) is 4.98 Å². The zero-order valence-corrected chi connectivity index (χ0v) is 8.61. The van der Waals surface area contributed by atoms with Gasteiger partial charge in [-0.1, -0.05) is 12.8 Å². The third-order valence-corrected chi connectivity index (χ3v) is 2.79. The minimum Gasteiger partial charge on any atom is -0.388 e. The Balaban J connectivity index is 1.92. The predicted molar refractivity (Wildman–Crippen MR) is 58.4 cm³/mol. The van der Waals surface area contributed by atoms with E-state index in [1.54, 1.807) is 6.20 Å². The maximum atomic E-state index is 10.1. The quantitative estimate of drug-likeness (QED) is 0.683. The lowest BCUT2D eigenvalue weighted by atomic mass is 10.0. The topological polar surface area (TPSA) is 84.1 Å². The Kier molecular flexibility index (Phi) is 2.73. The van der Waals surface area contributed by atoms with Crippen LogP contribution < -0.4 is 11.1 Å². The van der Waals surface area contributed by atoms with E-state index in [1.807, 2.05) is 0 Å². The summed E-state index contributed by atoms with van der Waals surface area (Å²) in [6.07, 6.45) is 7.01. The van der Waals surface area contributed by atoms with Gasteiger partial charge in [-0.3, -0.25) is 4.98 Å². The number of hydrogen-bond donors (Lipinski definition) is 3. The van der Waals surface area contributed by atoms with Crippen LogP contribution >= 0.6 is 0 Å². The van der Waals surface area contributed by atoms with Crippen LogP contribution in [0.4, 0.5) is 11.6 Å². The molecule has 1 aromatic heterocycles. The molecule has 5 heteroatoms. The monoisotopic (exact) mass is 208 g/mol. The van der Waals surface area contributed by atoms with Crippen molar-refractivity contribution < 1.29 is 5.11 Å². The third kappa shape index (κ3) is 2.56. The van der Waals surface area contributed by atoms with E-state index < -0.39 is 5.60 Å². The lowest BCUT2D eigenvalue weighted by Gasteiger charge is -2.22. The molecule has 0 amide bonds. The van der Waals surface area contributed by atoms with Gasteiger partial charge in [0.25, 0.3) is 0 Å². The van der Waals surface area contributed by atoms with Crippen LogP contribution in [0.2, 0.25) is 0 Å². The Morgan fingerprint density at radius 3 is 2.80 bits per heavy atom. The lowest BCUT2D eigenvalue weighted by Crippen LogP contribution is -2.33. The molecule has 82 valence electrons. The number of rotatable bonds is 3. The molecule has 1 fully saturated rings. The minimum atomic E-state index is -0.577. The normalized spacial score (nSPS) is 19.0. The summed E-state index contributed by atoms with van der Waals surface area (Å²) < 4.78 is 0. The van der Waals surface area contributed by atoms with Crippen LogP contribution in [0.15, 0.2) is 12.4 Å². The number of aromatic nitrogens is 2. The minimum absolute atomic E-state index is 0.387. The first kappa shape index (κ1) is 10.2. The van der Waals surface area contributed by atoms with Crippen molar-refractivity contribution in [3.8, 4) is 0 Å². The van der Waals surface area contributed by atoms with E-state index in [0.717, 1.165) is 25.7 Å². The fraction of sp³-hybridized carbons (Fsp3) is 0.600. The van der Waals surface area contributed by atoms with E-state index in [1.165, 1.54) is 6.20 Å². The first-order valence-corrected chi connectivity index (χ1v) is 5.22. The number of nitrogens with zero attached hydrogens (tertiary/aromatic N) is 2. The summed E-state index contributed by atoms with van der Waals surface area (Å²) in [5, 5.41) is 13.1. The maximum Gasteiger partial charge on any atom is 0.147 e. The molecule has 1 heterocycles. The van der Waals surface area contributed by atoms with Gasteiger partial charge >= 0.3 is 0 Å². The van der Waals surface area contributed by atoms with Crippen LogP contribution in [-0.2, 0) is 0 Å². The van der Waals surface area contributed by atoms with Crippen LogP contribution in [0, 0.1) is 0 Å². The van der Waals surface area contributed by atoms with Gasteiger partial charge in [-0.2, -0.15) is 0 Å². The molecule has 1 saturated carbocycles. The van der Waals surface area contributed by atoms with Crippen molar-refractivity contribution in [1.82, 2.24) is 9.97 Å². The van der Waals surface area contributed by atoms with Gasteiger partial charge in [0, 0.05) is 6.54 Å². The van der Waals surface area contributed by atoms with E-state index in [-0.39, 0.29) is 0 Å². The summed E-state index contributed by atoms with van der Waals surface area (Å²) in [6, 6.07) is 0. The fourth-order valence-corrected chi connectivity index (χ4v) is 1.93. The first-order valence-electron chi connectivity index (χ1n) is 5.22. The summed E-state index contributed by atoms with van der Waals surface area (Å²) in [5.41, 5.74) is 4.92. The summed E-state index contributed by atoms with van der Waals surface area (Å²) >= 11 is 0. The molecule has 1 aliphatic rings. The molecule has 0 saturated heterocycles. The average molecular weight is 208 g/mol. The highest BCUT2D eigenvalue weighted by Gasteiger charge is 2.30. The van der Waals surface area contributed by atoms with Gasteiger partial charge < -0.3 is 16.2 Å². The van der Waals surface area contributed by atoms with E-state index >= 15 is 0 Å². The summed E-state index contributed by atoms with van der Waals surface area (Å²) in [7, 11) is 0. The summed E-state index contributed by atoms with van der Waals surface area (Å²) in [6.45, 7) is 0.519. The van der Waals surface area contributed by atoms with Gasteiger partial charge in [0.05, 0.1) is 18.0 Å². The molecule has 1 aliphatic carbocycles. The molecule has 0 unspecified atom stereocenters. The molecule has 15 heavy (non-hydrogen) atoms. The largest absolute Gasteiger partial charge is 0.388 e. The van der Waals surface area contributed by atoms with Gasteiger partial charge in [-0.05, 0) is 12.8 Å². The number of nitrogen functional groups attached to an aromatic ring is 1. The highest BCUT2D eigenvalue weighted by atomic mass is 16.3. The van der Waals surface area contributed by atoms with Crippen LogP contribution in [0.25, 0.3) is 0 Å². The van der Waals surface area contributed by atoms with E-state index in [9.17, 15) is 5.11 Å². The van der Waals surface area contributed by atoms with Gasteiger partial charge in [0.1, 0.15) is 11.6 Å². The van der Waals surface area contributed by atoms with Gasteiger partial charge in [-0.15, -0.1) is 0 Å². The number of aliphatic hydroxyl groups is 1. The molecule has 0 aliphatic heterocycles. The van der Waals surface area contributed by atoms with Crippen molar-refractivity contribution >= 4 is 11.6 Å². The predicted octanol–water partition coefficient (Wildman–Crippen LogP) is 0.776. The maximum absolute atomic E-state index is 10.1. The molecule has 0 atom stereocenters. The third-order valence-electron chi connectivity index (χ3n) is 2.79. The molecule has 5 nitrogen and oxygen atoms in total. The molecule has 0 aromatic carbocycles. The second kappa shape index (κ2) is 4.02. The van der Waals surface area contributed by atoms with Crippen LogP contribution in [0.1, 0.15) is 25.7 Å². The van der Waals surface area contributed by atoms with Crippen LogP contribution in [0.5, 0.6) is 0 Å². The lowest BCUT2D eigenvalue weighted by molar-refractivity contribution is 0.0614. The van der Waals surface area contributed by atoms with E-state index in [4.69, 9.17) is 5.73 Å². The highest BCUT2D eigenvalue weighted by molar-refractivity contribution is 5.38. The Hall–Kier alpha value is -1.36. The van der Waals surface area contributed by atoms with E-state index in [0.29, 0.717) is 18.2 Å². The van der Waals surface area contributed by atoms with Gasteiger partial charge in [0.2, 0.25) is 0 Å². The van der Waals surface area contributed by atoms with Crippen molar-refractivity contribution in [2.24, 2.45) is 0 Å². The van der Waals surface area contributed by atoms with Crippen molar-refractivity contribution in [3.63, 3.8) is 0 Å². The van der Waals surface area contributed by atoms with Crippen LogP contribution in [0.3, 0.4) is 0 Å². The number of anilines is 2. The Labute approximate surface area is 88.7 Å². The first-order chi connectivity index (χ1) is 7.18. The summed E-state index contributed by atoms with van der Waals surface area (Å²) in [4.78, 5) is 7.98. The second-order valence-corrected chi connectivity index (χ2v) is 4.11. The SMILES string of the molecule is Nc1cncc(NCC2(O)CCCC2)n1. The second-order valence-electron chi connectivity index (χ2n) is 4.11. The smallest absolute Gasteiger partial charge is 0.147 e. The van der Waals surface area contributed by atoms with Crippen LogP contribution in [-0.4, -0.2) is 27.2 Å². The molecule has 0 bridgehead atoms. The molecule has 2 rings (SSSR count). The molecule has 0 spiro atoms. The van der Waals surface area contributed by atoms with E-state index in [2.05, 4.69) is 15.3 Å². The Bertz CT molecular complexity index is 336. The van der Waals surface area contributed by atoms with Crippen molar-refractivity contribution in [1.29, 1.82) is 0 Å². The standard InChI is InChI=1S/C10H16N4O/c11-8-5-12-6-9(14-8)13-7-10(15)3-1-2-4-10/h5-6,15H,1-4,7H2,(H3,11,13,14). The zero-order chi connectivity index (χ0) is 10.7. The molecule has 0 radical (unpaired) electrons. The fourth-order valence-electron chi connectivity index (χ4n) is 1.93. The number of nitrogens with one attached hydrogen (secondary N) is 1. The highest BCUT2D eigenvalue weighted by Crippen LogP contribution is 2.29. The molecule has 4 N–H and O–H groups in total. The number of nitrogens with two attached hydrogens (primary N) is 1. The van der Waals surface area contributed by atoms with Crippen molar-refractivity contribution in [3.05, 3.63) is 12.4 Å². The summed E-state index contributed by atoms with van der Waals surface area (Å²) in [5.74, 6) is 1.01. The van der Waals surface area contributed by atoms with Gasteiger partial charge in [0.15, 0.2) is 0 Å². The average Bonchev–Trinajstić information content (AvgIpc) is 2.63.